The second-order valence-corrected chi connectivity index (χ2v) is 5.56. The molecule has 2 aromatic rings. The molecule has 5 heteroatoms. The minimum Gasteiger partial charge on any atom is -0.397 e. The molecule has 0 bridgehead atoms. The molecule has 0 saturated carbocycles. The van der Waals surface area contributed by atoms with Gasteiger partial charge in [-0.05, 0) is 25.0 Å². The predicted octanol–water partition coefficient (Wildman–Crippen LogP) is 1.92. The van der Waals surface area contributed by atoms with E-state index in [9.17, 15) is 4.79 Å². The van der Waals surface area contributed by atoms with Gasteiger partial charge in [-0.3, -0.25) is 9.78 Å². The number of hydrogen-bond donors (Lipinski definition) is 2. The second kappa shape index (κ2) is 5.60. The molecule has 1 aromatic heterocycles. The molecule has 0 spiro atoms. The summed E-state index contributed by atoms with van der Waals surface area (Å²) < 4.78 is 0. The van der Waals surface area contributed by atoms with Gasteiger partial charge >= 0.3 is 0 Å². The smallest absolute Gasteiger partial charge is 0.217 e. The van der Waals surface area contributed by atoms with Gasteiger partial charge in [-0.2, -0.15) is 0 Å². The highest BCUT2D eigenvalue weighted by molar-refractivity contribution is 5.98. The van der Waals surface area contributed by atoms with E-state index in [0.717, 1.165) is 48.1 Å². The van der Waals surface area contributed by atoms with Crippen LogP contribution in [0.4, 0.5) is 11.4 Å². The van der Waals surface area contributed by atoms with Crippen LogP contribution in [0, 0.1) is 0 Å². The average molecular weight is 284 g/mol. The molecule has 0 aliphatic carbocycles. The van der Waals surface area contributed by atoms with Crippen molar-refractivity contribution in [1.82, 2.24) is 10.3 Å². The molecule has 0 unspecified atom stereocenters. The third-order valence-electron chi connectivity index (χ3n) is 4.08. The van der Waals surface area contributed by atoms with Crippen LogP contribution in [0.1, 0.15) is 19.8 Å². The highest BCUT2D eigenvalue weighted by Crippen LogP contribution is 2.32. The number of pyridine rings is 1. The highest BCUT2D eigenvalue weighted by atomic mass is 16.1. The van der Waals surface area contributed by atoms with Crippen LogP contribution in [0.5, 0.6) is 0 Å². The number of carbonyl (C=O) groups excluding carboxylic acids is 1. The number of aromatic nitrogens is 1. The van der Waals surface area contributed by atoms with Crippen molar-refractivity contribution in [3.63, 3.8) is 0 Å². The zero-order valence-electron chi connectivity index (χ0n) is 12.2. The maximum absolute atomic E-state index is 11.1. The lowest BCUT2D eigenvalue weighted by Gasteiger charge is -2.34. The fourth-order valence-corrected chi connectivity index (χ4v) is 3.01. The van der Waals surface area contributed by atoms with Gasteiger partial charge in [0, 0.05) is 49.2 Å². The molecule has 1 amide bonds. The third kappa shape index (κ3) is 2.77. The molecule has 1 aliphatic heterocycles. The van der Waals surface area contributed by atoms with Gasteiger partial charge < -0.3 is 16.0 Å². The number of fused-ring (bicyclic) bond motifs is 1. The van der Waals surface area contributed by atoms with Crippen LogP contribution in [-0.2, 0) is 4.79 Å². The van der Waals surface area contributed by atoms with Crippen molar-refractivity contribution < 1.29 is 4.79 Å². The summed E-state index contributed by atoms with van der Waals surface area (Å²) in [4.78, 5) is 17.5. The van der Waals surface area contributed by atoms with Crippen LogP contribution in [0.3, 0.4) is 0 Å². The van der Waals surface area contributed by atoms with Crippen LogP contribution in [0.25, 0.3) is 10.8 Å². The first-order chi connectivity index (χ1) is 10.1. The predicted molar refractivity (Wildman–Crippen MR) is 85.2 cm³/mol. The van der Waals surface area contributed by atoms with E-state index in [0.29, 0.717) is 0 Å². The van der Waals surface area contributed by atoms with E-state index >= 15 is 0 Å². The summed E-state index contributed by atoms with van der Waals surface area (Å²) in [6, 6.07) is 6.37. The number of rotatable bonds is 2. The van der Waals surface area contributed by atoms with Crippen LogP contribution in [0.15, 0.2) is 30.6 Å². The number of anilines is 2. The van der Waals surface area contributed by atoms with Gasteiger partial charge in [0.25, 0.3) is 0 Å². The first-order valence-electron chi connectivity index (χ1n) is 7.29. The van der Waals surface area contributed by atoms with Gasteiger partial charge in [-0.15, -0.1) is 0 Å². The SMILES string of the molecule is CC(=O)NC1CCN(c2ccc3cnccc3c2N)CC1. The summed E-state index contributed by atoms with van der Waals surface area (Å²) in [5.41, 5.74) is 8.22. The quantitative estimate of drug-likeness (QED) is 0.827. The van der Waals surface area contributed by atoms with Crippen LogP contribution in [-0.4, -0.2) is 30.0 Å². The van der Waals surface area contributed by atoms with Gasteiger partial charge in [-0.1, -0.05) is 6.07 Å². The number of nitrogen functional groups attached to an aromatic ring is 1. The molecule has 1 aliphatic rings. The summed E-state index contributed by atoms with van der Waals surface area (Å²) in [6.45, 7) is 3.39. The summed E-state index contributed by atoms with van der Waals surface area (Å²) >= 11 is 0. The number of piperidine rings is 1. The van der Waals surface area contributed by atoms with E-state index in [1.807, 2.05) is 12.3 Å². The van der Waals surface area contributed by atoms with E-state index in [1.165, 1.54) is 0 Å². The molecule has 1 aromatic carbocycles. The largest absolute Gasteiger partial charge is 0.397 e. The summed E-state index contributed by atoms with van der Waals surface area (Å²) in [7, 11) is 0. The lowest BCUT2D eigenvalue weighted by Crippen LogP contribution is -2.44. The number of amides is 1. The Balaban J connectivity index is 1.79. The van der Waals surface area contributed by atoms with Gasteiger partial charge in [0.05, 0.1) is 11.4 Å². The van der Waals surface area contributed by atoms with Crippen molar-refractivity contribution in [1.29, 1.82) is 0 Å². The molecule has 0 radical (unpaired) electrons. The van der Waals surface area contributed by atoms with E-state index in [4.69, 9.17) is 5.73 Å². The maximum Gasteiger partial charge on any atom is 0.217 e. The average Bonchev–Trinajstić information content (AvgIpc) is 2.48. The summed E-state index contributed by atoms with van der Waals surface area (Å²) in [5, 5.41) is 5.10. The van der Waals surface area contributed by atoms with E-state index in [-0.39, 0.29) is 11.9 Å². The number of carbonyl (C=O) groups is 1. The number of hydrogen-bond acceptors (Lipinski definition) is 4. The van der Waals surface area contributed by atoms with E-state index in [1.54, 1.807) is 13.1 Å². The Morgan fingerprint density at radius 2 is 2.10 bits per heavy atom. The molecule has 3 rings (SSSR count). The molecular weight excluding hydrogens is 264 g/mol. The Bertz CT molecular complexity index is 662. The number of nitrogens with two attached hydrogens (primary N) is 1. The second-order valence-electron chi connectivity index (χ2n) is 5.56. The molecule has 1 fully saturated rings. The summed E-state index contributed by atoms with van der Waals surface area (Å²) in [6.07, 6.45) is 5.50. The van der Waals surface area contributed by atoms with Crippen molar-refractivity contribution in [2.45, 2.75) is 25.8 Å². The number of nitrogens with zero attached hydrogens (tertiary/aromatic N) is 2. The minimum absolute atomic E-state index is 0.0474. The first-order valence-corrected chi connectivity index (χ1v) is 7.29. The zero-order valence-corrected chi connectivity index (χ0v) is 12.2. The minimum atomic E-state index is 0.0474. The molecular formula is C16H20N4O. The van der Waals surface area contributed by atoms with Crippen LogP contribution >= 0.6 is 0 Å². The van der Waals surface area contributed by atoms with Gasteiger partial charge in [0.2, 0.25) is 5.91 Å². The van der Waals surface area contributed by atoms with Crippen molar-refractivity contribution >= 4 is 28.1 Å². The Hall–Kier alpha value is -2.30. The Labute approximate surface area is 124 Å². The van der Waals surface area contributed by atoms with E-state index in [2.05, 4.69) is 27.3 Å². The molecule has 5 nitrogen and oxygen atoms in total. The van der Waals surface area contributed by atoms with Gasteiger partial charge in [-0.25, -0.2) is 0 Å². The topological polar surface area (TPSA) is 71.2 Å². The first kappa shape index (κ1) is 13.7. The molecule has 0 atom stereocenters. The molecule has 21 heavy (non-hydrogen) atoms. The Morgan fingerprint density at radius 3 is 2.81 bits per heavy atom. The maximum atomic E-state index is 11.1. The summed E-state index contributed by atoms with van der Waals surface area (Å²) in [5.74, 6) is 0.0474. The molecule has 3 N–H and O–H groups in total. The monoisotopic (exact) mass is 284 g/mol. The molecule has 2 heterocycles. The highest BCUT2D eigenvalue weighted by Gasteiger charge is 2.21. The van der Waals surface area contributed by atoms with Crippen molar-refractivity contribution in [3.05, 3.63) is 30.6 Å². The fraction of sp³-hybridized carbons (Fsp3) is 0.375. The lowest BCUT2D eigenvalue weighted by atomic mass is 10.0. The number of benzene rings is 1. The Morgan fingerprint density at radius 1 is 1.33 bits per heavy atom. The standard InChI is InChI=1S/C16H20N4O/c1-11(21)19-13-5-8-20(9-6-13)15-3-2-12-10-18-7-4-14(12)16(15)17/h2-4,7,10,13H,5-6,8-9,17H2,1H3,(H,19,21). The van der Waals surface area contributed by atoms with Crippen molar-refractivity contribution in [3.8, 4) is 0 Å². The van der Waals surface area contributed by atoms with Crippen molar-refractivity contribution in [2.24, 2.45) is 0 Å². The lowest BCUT2D eigenvalue weighted by molar-refractivity contribution is -0.119. The third-order valence-corrected chi connectivity index (χ3v) is 4.08. The Kier molecular flexibility index (Phi) is 3.64. The normalized spacial score (nSPS) is 16.1. The molecule has 1 saturated heterocycles. The van der Waals surface area contributed by atoms with Gasteiger partial charge in [0.15, 0.2) is 0 Å². The number of nitrogens with one attached hydrogen (secondary N) is 1. The molecule has 110 valence electrons. The van der Waals surface area contributed by atoms with Crippen molar-refractivity contribution in [2.75, 3.05) is 23.7 Å². The van der Waals surface area contributed by atoms with E-state index < -0.39 is 0 Å². The zero-order chi connectivity index (χ0) is 14.8. The van der Waals surface area contributed by atoms with Gasteiger partial charge in [0.1, 0.15) is 0 Å². The van der Waals surface area contributed by atoms with Crippen LogP contribution in [0.2, 0.25) is 0 Å². The van der Waals surface area contributed by atoms with Crippen LogP contribution < -0.4 is 16.0 Å². The fourth-order valence-electron chi connectivity index (χ4n) is 3.01.